The topological polar surface area (TPSA) is 99.3 Å². The van der Waals surface area contributed by atoms with E-state index in [0.29, 0.717) is 76.8 Å². The van der Waals surface area contributed by atoms with Crippen molar-refractivity contribution in [3.8, 4) is 0 Å². The number of piperazine rings is 1. The first-order chi connectivity index (χ1) is 18.6. The molecule has 2 aliphatic heterocycles. The Morgan fingerprint density at radius 1 is 1.05 bits per heavy atom. The Hall–Kier alpha value is -3.31. The molecule has 2 heterocycles. The van der Waals surface area contributed by atoms with Crippen molar-refractivity contribution in [1.29, 1.82) is 0 Å². The number of anilines is 1. The van der Waals surface area contributed by atoms with E-state index in [1.54, 1.807) is 11.0 Å². The van der Waals surface area contributed by atoms with Gasteiger partial charge in [-0.25, -0.2) is 4.79 Å². The number of alkyl halides is 3. The summed E-state index contributed by atoms with van der Waals surface area (Å²) in [4.78, 5) is 54.8. The van der Waals surface area contributed by atoms with Crippen LogP contribution >= 0.6 is 0 Å². The normalized spacial score (nSPS) is 23.8. The van der Waals surface area contributed by atoms with Gasteiger partial charge >= 0.3 is 18.2 Å². The Labute approximate surface area is 225 Å². The molecule has 0 bridgehead atoms. The molecule has 0 radical (unpaired) electrons. The van der Waals surface area contributed by atoms with Crippen LogP contribution in [0, 0.1) is 11.8 Å². The van der Waals surface area contributed by atoms with Crippen LogP contribution < -0.4 is 10.2 Å². The summed E-state index contributed by atoms with van der Waals surface area (Å²) in [5.74, 6) is -1.17. The predicted octanol–water partition coefficient (Wildman–Crippen LogP) is 3.42. The molecular formula is C27H35F3N4O5. The fourth-order valence-corrected chi connectivity index (χ4v) is 5.73. The van der Waals surface area contributed by atoms with E-state index >= 15 is 0 Å². The molecule has 3 atom stereocenters. The first-order valence-electron chi connectivity index (χ1n) is 13.5. The maximum absolute atomic E-state index is 13.0. The molecule has 1 aromatic rings. The van der Waals surface area contributed by atoms with Crippen LogP contribution in [-0.2, 0) is 25.3 Å². The van der Waals surface area contributed by atoms with Crippen LogP contribution in [0.25, 0.3) is 0 Å². The van der Waals surface area contributed by atoms with Gasteiger partial charge in [0.15, 0.2) is 0 Å². The molecule has 3 fully saturated rings. The number of benzene rings is 1. The minimum atomic E-state index is -4.40. The molecular weight excluding hydrogens is 517 g/mol. The van der Waals surface area contributed by atoms with Gasteiger partial charge in [0.2, 0.25) is 11.8 Å². The van der Waals surface area contributed by atoms with Crippen LogP contribution in [-0.4, -0.2) is 79.5 Å². The van der Waals surface area contributed by atoms with E-state index in [1.165, 1.54) is 18.1 Å². The number of carbonyl (C=O) groups excluding carboxylic acids is 4. The second-order valence-corrected chi connectivity index (χ2v) is 10.4. The summed E-state index contributed by atoms with van der Waals surface area (Å²) in [5.41, 5.74) is -0.191. The molecule has 4 amide bonds. The van der Waals surface area contributed by atoms with Crippen LogP contribution in [0.15, 0.2) is 24.3 Å². The van der Waals surface area contributed by atoms with Crippen molar-refractivity contribution in [2.24, 2.45) is 11.8 Å². The van der Waals surface area contributed by atoms with Crippen LogP contribution in [0.1, 0.15) is 50.5 Å². The van der Waals surface area contributed by atoms with Crippen LogP contribution in [0.5, 0.6) is 0 Å². The second-order valence-electron chi connectivity index (χ2n) is 10.4. The number of unbranched alkanes of at least 4 members (excludes halogenated alkanes) is 2. The molecule has 4 rings (SSSR count). The number of rotatable bonds is 8. The molecule has 3 unspecified atom stereocenters. The lowest BCUT2D eigenvalue weighted by Crippen LogP contribution is -2.61. The molecule has 9 nitrogen and oxygen atoms in total. The highest BCUT2D eigenvalue weighted by Gasteiger charge is 2.45. The van der Waals surface area contributed by atoms with Gasteiger partial charge in [0.05, 0.1) is 24.5 Å². The van der Waals surface area contributed by atoms with Gasteiger partial charge < -0.3 is 19.9 Å². The smallest absolute Gasteiger partial charge is 0.416 e. The molecule has 2 saturated heterocycles. The van der Waals surface area contributed by atoms with Crippen molar-refractivity contribution in [3.05, 3.63) is 29.8 Å². The van der Waals surface area contributed by atoms with Gasteiger partial charge in [-0.1, -0.05) is 12.5 Å². The number of ether oxygens (including phenoxy) is 1. The van der Waals surface area contributed by atoms with E-state index in [0.717, 1.165) is 12.1 Å². The number of esters is 1. The quantitative estimate of drug-likeness (QED) is 0.392. The molecule has 214 valence electrons. The van der Waals surface area contributed by atoms with Gasteiger partial charge in [-0.15, -0.1) is 0 Å². The Balaban J connectivity index is 1.15. The summed E-state index contributed by atoms with van der Waals surface area (Å²) in [6.45, 7) is 2.08. The van der Waals surface area contributed by atoms with Gasteiger partial charge in [0.1, 0.15) is 0 Å². The maximum Gasteiger partial charge on any atom is 0.416 e. The summed E-state index contributed by atoms with van der Waals surface area (Å²) >= 11 is 0. The van der Waals surface area contributed by atoms with Crippen molar-refractivity contribution >= 4 is 29.5 Å². The van der Waals surface area contributed by atoms with Crippen molar-refractivity contribution in [2.45, 2.75) is 57.2 Å². The highest BCUT2D eigenvalue weighted by molar-refractivity contribution is 5.98. The number of fused-ring (bicyclic) bond motifs is 1. The summed E-state index contributed by atoms with van der Waals surface area (Å²) in [6.07, 6.45) is -0.712. The monoisotopic (exact) mass is 552 g/mol. The molecule has 1 N–H and O–H groups in total. The van der Waals surface area contributed by atoms with E-state index in [1.807, 2.05) is 4.90 Å². The minimum Gasteiger partial charge on any atom is -0.469 e. The summed E-state index contributed by atoms with van der Waals surface area (Å²) in [6, 6.07) is 4.43. The number of imide groups is 1. The fourth-order valence-electron chi connectivity index (χ4n) is 5.73. The maximum atomic E-state index is 13.0. The highest BCUT2D eigenvalue weighted by Crippen LogP contribution is 2.34. The van der Waals surface area contributed by atoms with Crippen LogP contribution in [0.4, 0.5) is 23.7 Å². The lowest BCUT2D eigenvalue weighted by atomic mass is 9.76. The number of nitrogens with one attached hydrogen (secondary N) is 1. The number of methoxy groups -OCH3 is 1. The van der Waals surface area contributed by atoms with E-state index in [4.69, 9.17) is 4.74 Å². The zero-order chi connectivity index (χ0) is 28.2. The predicted molar refractivity (Wildman–Crippen MR) is 136 cm³/mol. The number of amides is 4. The molecule has 0 spiro atoms. The Bertz CT molecular complexity index is 1070. The average molecular weight is 553 g/mol. The summed E-state index contributed by atoms with van der Waals surface area (Å²) < 4.78 is 43.8. The lowest BCUT2D eigenvalue weighted by Gasteiger charge is -2.41. The number of hydrogen-bond acceptors (Lipinski definition) is 6. The van der Waals surface area contributed by atoms with Gasteiger partial charge in [-0.2, -0.15) is 13.2 Å². The van der Waals surface area contributed by atoms with Gasteiger partial charge in [-0.3, -0.25) is 19.3 Å². The summed E-state index contributed by atoms with van der Waals surface area (Å²) in [5, 5.41) is 2.87. The molecule has 1 aliphatic carbocycles. The minimum absolute atomic E-state index is 0.00399. The van der Waals surface area contributed by atoms with Crippen molar-refractivity contribution in [3.63, 3.8) is 0 Å². The Morgan fingerprint density at radius 2 is 1.79 bits per heavy atom. The third kappa shape index (κ3) is 6.83. The molecule has 1 aromatic carbocycles. The second kappa shape index (κ2) is 12.3. The molecule has 12 heteroatoms. The standard InChI is InChI=1S/C27H35F3N4O5/c1-39-25(37)18-9-10-21-22(16-18)31-26(38)34(24(21)36)11-4-2-3-8-23(35)33-14-12-32(13-15-33)20-7-5-6-19(17-20)27(28,29)30/h5-7,17-18,21-22H,2-4,8-16H2,1H3,(H,31,38). The Kier molecular flexibility index (Phi) is 9.01. The molecule has 3 aliphatic rings. The van der Waals surface area contributed by atoms with Crippen molar-refractivity contribution in [2.75, 3.05) is 44.7 Å². The molecule has 0 aromatic heterocycles. The highest BCUT2D eigenvalue weighted by atomic mass is 19.4. The van der Waals surface area contributed by atoms with Gasteiger partial charge in [0.25, 0.3) is 0 Å². The third-order valence-corrected chi connectivity index (χ3v) is 7.97. The van der Waals surface area contributed by atoms with Gasteiger partial charge in [-0.05, 0) is 50.3 Å². The van der Waals surface area contributed by atoms with Crippen molar-refractivity contribution in [1.82, 2.24) is 15.1 Å². The van der Waals surface area contributed by atoms with E-state index in [2.05, 4.69) is 5.32 Å². The lowest BCUT2D eigenvalue weighted by molar-refractivity contribution is -0.149. The molecule has 39 heavy (non-hydrogen) atoms. The van der Waals surface area contributed by atoms with Gasteiger partial charge in [0, 0.05) is 50.9 Å². The fraction of sp³-hybridized carbons (Fsp3) is 0.630. The first-order valence-corrected chi connectivity index (χ1v) is 13.5. The van der Waals surface area contributed by atoms with E-state index < -0.39 is 17.8 Å². The molecule has 1 saturated carbocycles. The number of halogens is 3. The average Bonchev–Trinajstić information content (AvgIpc) is 2.93. The zero-order valence-corrected chi connectivity index (χ0v) is 22.0. The zero-order valence-electron chi connectivity index (χ0n) is 22.0. The summed E-state index contributed by atoms with van der Waals surface area (Å²) in [7, 11) is 1.33. The van der Waals surface area contributed by atoms with E-state index in [9.17, 15) is 32.3 Å². The third-order valence-electron chi connectivity index (χ3n) is 7.97. The number of carbonyl (C=O) groups is 4. The largest absolute Gasteiger partial charge is 0.469 e. The van der Waals surface area contributed by atoms with Crippen LogP contribution in [0.2, 0.25) is 0 Å². The number of nitrogens with zero attached hydrogens (tertiary/aromatic N) is 3. The SMILES string of the molecule is COC(=O)C1CCC2C(=O)N(CCCCCC(=O)N3CCN(c4cccc(C(F)(F)F)c4)CC3)C(=O)NC2C1. The Morgan fingerprint density at radius 3 is 2.49 bits per heavy atom. The van der Waals surface area contributed by atoms with Crippen LogP contribution in [0.3, 0.4) is 0 Å². The number of hydrogen-bond donors (Lipinski definition) is 1. The number of urea groups is 1. The van der Waals surface area contributed by atoms with E-state index in [-0.39, 0.29) is 42.2 Å². The van der Waals surface area contributed by atoms with Crippen molar-refractivity contribution < 1.29 is 37.1 Å². The first kappa shape index (κ1) is 28.7.